The smallest absolute Gasteiger partial charge is 0.309 e. The molecule has 31 heavy (non-hydrogen) atoms. The normalized spacial score (nSPS) is 37.5. The third-order valence-corrected chi connectivity index (χ3v) is 9.48. The van der Waals surface area contributed by atoms with Crippen LogP contribution in [0.4, 0.5) is 4.79 Å². The summed E-state index contributed by atoms with van der Waals surface area (Å²) < 4.78 is 28.8. The number of fused-ring (bicyclic) bond motifs is 1. The van der Waals surface area contributed by atoms with Crippen molar-refractivity contribution in [1.82, 2.24) is 20.0 Å². The van der Waals surface area contributed by atoms with Crippen LogP contribution in [0.3, 0.4) is 0 Å². The van der Waals surface area contributed by atoms with Crippen LogP contribution in [0.25, 0.3) is 0 Å². The third-order valence-electron chi connectivity index (χ3n) is 7.39. The number of hydroxylamine groups is 1. The number of imide groups is 1. The molecule has 2 aliphatic heterocycles. The van der Waals surface area contributed by atoms with Gasteiger partial charge in [0.1, 0.15) is 0 Å². The van der Waals surface area contributed by atoms with Crippen LogP contribution in [0.15, 0.2) is 0 Å². The summed E-state index contributed by atoms with van der Waals surface area (Å²) in [5, 5.41) is -0.646. The Balaban J connectivity index is 1.56. The second kappa shape index (κ2) is 8.03. The van der Waals surface area contributed by atoms with E-state index in [1.165, 1.54) is 4.90 Å². The van der Waals surface area contributed by atoms with E-state index in [-0.39, 0.29) is 61.1 Å². The van der Waals surface area contributed by atoms with Gasteiger partial charge in [0.05, 0.1) is 23.8 Å². The van der Waals surface area contributed by atoms with Gasteiger partial charge < -0.3 is 4.90 Å². The number of hydrogen-bond acceptors (Lipinski definition) is 6. The van der Waals surface area contributed by atoms with Gasteiger partial charge in [-0.1, -0.05) is 5.92 Å². The first-order valence-electron chi connectivity index (χ1n) is 11.1. The van der Waals surface area contributed by atoms with Crippen LogP contribution in [-0.4, -0.2) is 72.2 Å². The van der Waals surface area contributed by atoms with Crippen molar-refractivity contribution in [3.8, 4) is 12.3 Å². The zero-order chi connectivity index (χ0) is 22.6. The summed E-state index contributed by atoms with van der Waals surface area (Å²) >= 11 is 0. The van der Waals surface area contributed by atoms with Gasteiger partial charge in [0, 0.05) is 30.1 Å². The summed E-state index contributed by atoms with van der Waals surface area (Å²) in [5.74, 6) is 1.60. The van der Waals surface area contributed by atoms with Crippen molar-refractivity contribution < 1.29 is 22.8 Å². The number of rotatable bonds is 6. The second-order valence-electron chi connectivity index (χ2n) is 9.77. The van der Waals surface area contributed by atoms with E-state index < -0.39 is 21.2 Å². The van der Waals surface area contributed by atoms with E-state index in [2.05, 4.69) is 16.1 Å². The maximum atomic E-state index is 13.4. The number of amides is 3. The molecule has 2 N–H and O–H groups in total. The molecule has 2 heterocycles. The number of sulfonamides is 1. The molecule has 2 saturated carbocycles. The van der Waals surface area contributed by atoms with Gasteiger partial charge >= 0.3 is 6.03 Å². The fourth-order valence-electron chi connectivity index (χ4n) is 5.11. The van der Waals surface area contributed by atoms with E-state index in [1.807, 2.05) is 20.8 Å². The highest BCUT2D eigenvalue weighted by Gasteiger charge is 2.52. The topological polar surface area (TPSA) is 108 Å². The van der Waals surface area contributed by atoms with E-state index in [1.54, 1.807) is 4.90 Å². The lowest BCUT2D eigenvalue weighted by Gasteiger charge is -2.48. The molecular weight excluding hydrogens is 420 g/mol. The number of hydrogen-bond donors (Lipinski definition) is 2. The van der Waals surface area contributed by atoms with Crippen LogP contribution >= 0.6 is 0 Å². The number of nitrogens with one attached hydrogen (secondary N) is 2. The average Bonchev–Trinajstić information content (AvgIpc) is 3.35. The zero-order valence-corrected chi connectivity index (χ0v) is 19.2. The molecule has 0 spiro atoms. The molecule has 2 saturated heterocycles. The minimum absolute atomic E-state index is 0.0163. The van der Waals surface area contributed by atoms with Gasteiger partial charge in [-0.2, -0.15) is 5.48 Å². The second-order valence-corrected chi connectivity index (χ2v) is 11.7. The highest BCUT2D eigenvalue weighted by atomic mass is 32.2. The summed E-state index contributed by atoms with van der Waals surface area (Å²) in [5.41, 5.74) is 2.55. The summed E-state index contributed by atoms with van der Waals surface area (Å²) in [6.07, 6.45) is 8.07. The molecule has 6 unspecified atom stereocenters. The molecule has 0 radical (unpaired) electrons. The lowest BCUT2D eigenvalue weighted by atomic mass is 9.80. The van der Waals surface area contributed by atoms with Crippen LogP contribution < -0.4 is 10.2 Å². The molecule has 10 heteroatoms. The summed E-state index contributed by atoms with van der Waals surface area (Å²) in [7, 11) is -3.55. The zero-order valence-electron chi connectivity index (χ0n) is 18.3. The Hall–Kier alpha value is -1.67. The number of carbonyl (C=O) groups excluding carboxylic acids is 2. The van der Waals surface area contributed by atoms with Crippen LogP contribution in [0.5, 0.6) is 0 Å². The Kier molecular flexibility index (Phi) is 5.83. The quantitative estimate of drug-likeness (QED) is 0.578. The van der Waals surface area contributed by atoms with E-state index in [4.69, 9.17) is 11.3 Å². The Labute approximate surface area is 184 Å². The fourth-order valence-corrected chi connectivity index (χ4v) is 7.07. The predicted molar refractivity (Wildman–Crippen MR) is 114 cm³/mol. The third kappa shape index (κ3) is 4.21. The molecule has 0 bridgehead atoms. The van der Waals surface area contributed by atoms with E-state index in [0.29, 0.717) is 12.8 Å². The number of nitrogens with zero attached hydrogens (tertiary/aromatic N) is 2. The first-order valence-corrected chi connectivity index (χ1v) is 12.6. The van der Waals surface area contributed by atoms with Crippen molar-refractivity contribution in [2.75, 3.05) is 13.1 Å². The van der Waals surface area contributed by atoms with Crippen molar-refractivity contribution in [2.24, 2.45) is 11.8 Å². The van der Waals surface area contributed by atoms with Crippen molar-refractivity contribution in [2.45, 2.75) is 81.9 Å². The van der Waals surface area contributed by atoms with Crippen LogP contribution in [-0.2, 0) is 19.7 Å². The molecule has 4 rings (SSSR count). The van der Waals surface area contributed by atoms with E-state index in [9.17, 15) is 18.0 Å². The van der Waals surface area contributed by atoms with Gasteiger partial charge in [0.25, 0.3) is 0 Å². The highest BCUT2D eigenvalue weighted by molar-refractivity contribution is 7.90. The Bertz CT molecular complexity index is 886. The summed E-state index contributed by atoms with van der Waals surface area (Å²) in [4.78, 5) is 34.9. The molecule has 4 aliphatic rings. The lowest BCUT2D eigenvalue weighted by Crippen LogP contribution is -2.65. The maximum absolute atomic E-state index is 13.4. The molecule has 9 nitrogen and oxygen atoms in total. The average molecular weight is 453 g/mol. The maximum Gasteiger partial charge on any atom is 0.327 e. The minimum atomic E-state index is -3.55. The molecule has 172 valence electrons. The largest absolute Gasteiger partial charge is 0.327 e. The molecule has 0 aromatic rings. The van der Waals surface area contributed by atoms with Crippen LogP contribution in [0.1, 0.15) is 52.9 Å². The fraction of sp³-hybridized carbons (Fsp3) is 0.810. The number of terminal acetylenes is 1. The van der Waals surface area contributed by atoms with Crippen LogP contribution in [0, 0.1) is 24.2 Å². The lowest BCUT2D eigenvalue weighted by molar-refractivity contribution is -0.141. The standard InChI is InChI=1S/C21H32N4O5S/c1-5-10-24-18-7-6-15(31(28,29)23-21(4)8-9-21)11-16(18)19(26)25(20(24)27)12-17-13(2)22-30-14(17)3/h1,13-18,22-23H,6-12H2,2-4H3. The van der Waals surface area contributed by atoms with Crippen LogP contribution in [0.2, 0.25) is 0 Å². The Morgan fingerprint density at radius 2 is 2.00 bits per heavy atom. The van der Waals surface area contributed by atoms with E-state index in [0.717, 1.165) is 12.8 Å². The SMILES string of the molecule is C#CCN1C(=O)N(CC2C(C)NOC2C)C(=O)C2CC(S(=O)(=O)NC3(C)CC3)CCC21. The van der Waals surface area contributed by atoms with Crippen molar-refractivity contribution in [1.29, 1.82) is 0 Å². The molecule has 0 aromatic heterocycles. The van der Waals surface area contributed by atoms with Crippen molar-refractivity contribution in [3.05, 3.63) is 0 Å². The van der Waals surface area contributed by atoms with E-state index >= 15 is 0 Å². The Morgan fingerprint density at radius 3 is 2.58 bits per heavy atom. The molecule has 2 aliphatic carbocycles. The first-order chi connectivity index (χ1) is 14.6. The predicted octanol–water partition coefficient (Wildman–Crippen LogP) is 0.821. The van der Waals surface area contributed by atoms with Crippen molar-refractivity contribution >= 4 is 22.0 Å². The van der Waals surface area contributed by atoms with Gasteiger partial charge in [-0.3, -0.25) is 14.5 Å². The number of carbonyl (C=O) groups is 2. The van der Waals surface area contributed by atoms with Gasteiger partial charge in [0.2, 0.25) is 15.9 Å². The molecular formula is C21H32N4O5S. The molecule has 6 atom stereocenters. The monoisotopic (exact) mass is 452 g/mol. The van der Waals surface area contributed by atoms with Gasteiger partial charge in [-0.25, -0.2) is 17.9 Å². The summed E-state index contributed by atoms with van der Waals surface area (Å²) in [6, 6.07) is -0.763. The Morgan fingerprint density at radius 1 is 1.29 bits per heavy atom. The number of urea groups is 1. The van der Waals surface area contributed by atoms with Gasteiger partial charge in [-0.15, -0.1) is 6.42 Å². The minimum Gasteiger partial charge on any atom is -0.309 e. The van der Waals surface area contributed by atoms with Gasteiger partial charge in [-0.05, 0) is 52.9 Å². The van der Waals surface area contributed by atoms with Crippen molar-refractivity contribution in [3.63, 3.8) is 0 Å². The molecule has 4 fully saturated rings. The summed E-state index contributed by atoms with van der Waals surface area (Å²) in [6.45, 7) is 6.06. The highest BCUT2D eigenvalue weighted by Crippen LogP contribution is 2.40. The van der Waals surface area contributed by atoms with Gasteiger partial charge in [0.15, 0.2) is 0 Å². The molecule has 3 amide bonds. The first kappa shape index (κ1) is 22.5. The molecule has 0 aromatic carbocycles.